The number of halogens is 1. The lowest BCUT2D eigenvalue weighted by molar-refractivity contribution is -0.118. The van der Waals surface area contributed by atoms with Gasteiger partial charge in [0.15, 0.2) is 22.1 Å². The minimum atomic E-state index is -2.89. The van der Waals surface area contributed by atoms with Gasteiger partial charge in [0.25, 0.3) is 0 Å². The number of fused-ring (bicyclic) bond motifs is 1. The average Bonchev–Trinajstić information content (AvgIpc) is 3.29. The maximum atomic E-state index is 12.1. The largest absolute Gasteiger partial charge is 0.387 e. The van der Waals surface area contributed by atoms with E-state index in [0.717, 1.165) is 18.2 Å². The Morgan fingerprint density at radius 2 is 2.12 bits per heavy atom. The first-order valence-corrected chi connectivity index (χ1v) is 12.9. The van der Waals surface area contributed by atoms with Crippen molar-refractivity contribution in [3.8, 4) is 0 Å². The van der Waals surface area contributed by atoms with Crippen LogP contribution >= 0.6 is 31.6 Å². The Morgan fingerprint density at radius 3 is 2.82 bits per heavy atom. The van der Waals surface area contributed by atoms with Crippen LogP contribution in [0.3, 0.4) is 0 Å². The van der Waals surface area contributed by atoms with E-state index in [0.29, 0.717) is 16.9 Å². The van der Waals surface area contributed by atoms with Crippen molar-refractivity contribution in [2.45, 2.75) is 58.2 Å². The number of thioether (sulfide) groups is 1. The summed E-state index contributed by atoms with van der Waals surface area (Å²) >= 11 is 7.15. The van der Waals surface area contributed by atoms with E-state index >= 15 is 0 Å². The van der Waals surface area contributed by atoms with E-state index < -0.39 is 37.7 Å². The Hall–Kier alpha value is -1.11. The van der Waals surface area contributed by atoms with Crippen LogP contribution in [0.4, 0.5) is 0 Å². The molecule has 1 aliphatic heterocycles. The maximum Gasteiger partial charge on any atom is 0.319 e. The maximum absolute atomic E-state index is 12.1. The van der Waals surface area contributed by atoms with E-state index in [4.69, 9.17) is 25.4 Å². The molecule has 0 aromatic carbocycles. The van der Waals surface area contributed by atoms with Crippen molar-refractivity contribution in [1.29, 1.82) is 0 Å². The van der Waals surface area contributed by atoms with Crippen LogP contribution in [0.1, 0.15) is 40.3 Å². The molecule has 5 atom stereocenters. The zero-order chi connectivity index (χ0) is 24.4. The second kappa shape index (κ2) is 10.7. The predicted molar refractivity (Wildman–Crippen MR) is 123 cm³/mol. The number of rotatable bonds is 10. The molecular formula is C19H28ClN4O7PS. The zero-order valence-electron chi connectivity index (χ0n) is 18.7. The summed E-state index contributed by atoms with van der Waals surface area (Å²) in [6.45, 7) is 6.90. The van der Waals surface area contributed by atoms with Crippen LogP contribution in [0.15, 0.2) is 12.7 Å². The molecule has 1 fully saturated rings. The molecule has 0 aliphatic carbocycles. The number of carbonyl (C=O) groups is 1. The molecule has 0 radical (unpaired) electrons. The molecule has 2 N–H and O–H groups in total. The van der Waals surface area contributed by atoms with E-state index in [-0.39, 0.29) is 23.5 Å². The van der Waals surface area contributed by atoms with Gasteiger partial charge in [0.05, 0.1) is 19.5 Å². The van der Waals surface area contributed by atoms with Crippen molar-refractivity contribution in [3.63, 3.8) is 0 Å². The summed E-state index contributed by atoms with van der Waals surface area (Å²) in [4.78, 5) is 24.2. The summed E-state index contributed by atoms with van der Waals surface area (Å²) in [5.41, 5.74) is -1.50. The molecule has 0 saturated carbocycles. The molecule has 0 spiro atoms. The SMILES string of the molecule is CCC(C)(C)C(=O)SCCO[PH](=O)OC[C@H]1OC(n2cnc3c(Cl)ncnc32)[C@@](C)(O)C1O. The summed E-state index contributed by atoms with van der Waals surface area (Å²) < 4.78 is 29.7. The Balaban J connectivity index is 1.53. The molecule has 2 aromatic rings. The number of aromatic nitrogens is 4. The average molecular weight is 523 g/mol. The third-order valence-electron chi connectivity index (χ3n) is 5.66. The van der Waals surface area contributed by atoms with Crippen molar-refractivity contribution in [3.05, 3.63) is 17.8 Å². The quantitative estimate of drug-likeness (QED) is 0.269. The molecule has 3 unspecified atom stereocenters. The van der Waals surface area contributed by atoms with Crippen molar-refractivity contribution >= 4 is 47.9 Å². The highest BCUT2D eigenvalue weighted by Crippen LogP contribution is 2.41. The first-order valence-electron chi connectivity index (χ1n) is 10.3. The number of aliphatic hydroxyl groups excluding tert-OH is 1. The first-order chi connectivity index (χ1) is 15.5. The number of aliphatic hydroxyl groups is 2. The van der Waals surface area contributed by atoms with Crippen LogP contribution in [-0.2, 0) is 23.1 Å². The number of carbonyl (C=O) groups excluding carboxylic acids is 1. The molecule has 33 heavy (non-hydrogen) atoms. The van der Waals surface area contributed by atoms with E-state index in [1.165, 1.54) is 24.1 Å². The van der Waals surface area contributed by atoms with Crippen LogP contribution in [0, 0.1) is 5.41 Å². The smallest absolute Gasteiger partial charge is 0.319 e. The van der Waals surface area contributed by atoms with E-state index in [2.05, 4.69) is 15.0 Å². The van der Waals surface area contributed by atoms with Gasteiger partial charge in [0.1, 0.15) is 29.7 Å². The summed E-state index contributed by atoms with van der Waals surface area (Å²) in [5.74, 6) is 0.347. The van der Waals surface area contributed by atoms with Gasteiger partial charge < -0.3 is 24.0 Å². The second-order valence-electron chi connectivity index (χ2n) is 8.47. The van der Waals surface area contributed by atoms with Gasteiger partial charge in [-0.25, -0.2) is 15.0 Å². The van der Waals surface area contributed by atoms with Crippen LogP contribution in [0.25, 0.3) is 11.2 Å². The Labute approximate surface area is 201 Å². The fourth-order valence-corrected chi connectivity index (χ4v) is 5.03. The summed E-state index contributed by atoms with van der Waals surface area (Å²) in [6.07, 6.45) is -0.0321. The Kier molecular flexibility index (Phi) is 8.56. The van der Waals surface area contributed by atoms with E-state index in [9.17, 15) is 19.6 Å². The van der Waals surface area contributed by atoms with Gasteiger partial charge in [-0.15, -0.1) is 0 Å². The van der Waals surface area contributed by atoms with Gasteiger partial charge in [-0.2, -0.15) is 0 Å². The molecule has 2 aromatic heterocycles. The van der Waals surface area contributed by atoms with Gasteiger partial charge in [-0.05, 0) is 13.3 Å². The highest BCUT2D eigenvalue weighted by atomic mass is 35.5. The van der Waals surface area contributed by atoms with Crippen LogP contribution in [0.2, 0.25) is 5.15 Å². The summed E-state index contributed by atoms with van der Waals surface area (Å²) in [6, 6.07) is 0. The Morgan fingerprint density at radius 1 is 1.39 bits per heavy atom. The lowest BCUT2D eigenvalue weighted by atomic mass is 9.92. The van der Waals surface area contributed by atoms with Crippen molar-refractivity contribution in [1.82, 2.24) is 19.5 Å². The topological polar surface area (TPSA) is 146 Å². The molecule has 3 heterocycles. The lowest BCUT2D eigenvalue weighted by Gasteiger charge is -2.27. The molecular weight excluding hydrogens is 495 g/mol. The standard InChI is InChI=1S/C19H28ClN4O7PS/c1-5-18(2,3)17(26)33-7-6-29-32(28)30-8-11-13(25)19(4,27)16(31-11)24-10-23-12-14(20)21-9-22-15(12)24/h9-11,13,16,25,27,32H,5-8H2,1-4H3/t11-,13?,16?,19+/m1/s1. The van der Waals surface area contributed by atoms with Gasteiger partial charge >= 0.3 is 8.25 Å². The van der Waals surface area contributed by atoms with E-state index in [1.807, 2.05) is 20.8 Å². The molecule has 184 valence electrons. The van der Waals surface area contributed by atoms with Crippen molar-refractivity contribution in [2.75, 3.05) is 19.0 Å². The molecule has 0 bridgehead atoms. The monoisotopic (exact) mass is 522 g/mol. The number of imidazole rings is 1. The molecule has 14 heteroatoms. The lowest BCUT2D eigenvalue weighted by Crippen LogP contribution is -2.44. The number of hydrogen-bond acceptors (Lipinski definition) is 11. The second-order valence-corrected chi connectivity index (χ2v) is 11.0. The molecule has 0 amide bonds. The highest BCUT2D eigenvalue weighted by Gasteiger charge is 2.53. The predicted octanol–water partition coefficient (Wildman–Crippen LogP) is 2.61. The Bertz CT molecular complexity index is 1020. The normalized spacial score (nSPS) is 26.7. The molecule has 1 aliphatic rings. The molecule has 1 saturated heterocycles. The van der Waals surface area contributed by atoms with Gasteiger partial charge in [-0.1, -0.05) is 44.1 Å². The van der Waals surface area contributed by atoms with Gasteiger partial charge in [0.2, 0.25) is 0 Å². The van der Waals surface area contributed by atoms with Crippen LogP contribution < -0.4 is 0 Å². The van der Waals surface area contributed by atoms with Gasteiger partial charge in [-0.3, -0.25) is 13.9 Å². The van der Waals surface area contributed by atoms with Crippen LogP contribution in [-0.4, -0.2) is 71.6 Å². The third-order valence-corrected chi connectivity index (χ3v) is 7.96. The van der Waals surface area contributed by atoms with Crippen LogP contribution in [0.5, 0.6) is 0 Å². The molecule has 3 rings (SSSR count). The first kappa shape index (κ1) is 26.5. The van der Waals surface area contributed by atoms with Crippen molar-refractivity contribution in [2.24, 2.45) is 5.41 Å². The fraction of sp³-hybridized carbons (Fsp3) is 0.684. The number of nitrogens with zero attached hydrogens (tertiary/aromatic N) is 4. The number of ether oxygens (including phenoxy) is 1. The number of hydrogen-bond donors (Lipinski definition) is 2. The minimum absolute atomic E-state index is 0.0449. The summed E-state index contributed by atoms with van der Waals surface area (Å²) in [5, 5.41) is 21.6. The van der Waals surface area contributed by atoms with Gasteiger partial charge in [0, 0.05) is 11.2 Å². The molecule has 11 nitrogen and oxygen atoms in total. The van der Waals surface area contributed by atoms with Crippen molar-refractivity contribution < 1.29 is 33.4 Å². The third kappa shape index (κ3) is 5.76. The minimum Gasteiger partial charge on any atom is -0.387 e. The zero-order valence-corrected chi connectivity index (χ0v) is 21.3. The fourth-order valence-electron chi connectivity index (χ4n) is 3.16. The summed E-state index contributed by atoms with van der Waals surface area (Å²) in [7, 11) is -2.89. The highest BCUT2D eigenvalue weighted by molar-refractivity contribution is 8.13. The van der Waals surface area contributed by atoms with E-state index in [1.54, 1.807) is 0 Å².